The Bertz CT molecular complexity index is 1490. The fourth-order valence-electron chi connectivity index (χ4n) is 6.08. The zero-order valence-electron chi connectivity index (χ0n) is 32.5. The molecule has 3 amide bonds. The number of ether oxygens (including phenoxy) is 3. The number of nitrogens with zero attached hydrogens (tertiary/aromatic N) is 2. The highest BCUT2D eigenvalue weighted by Gasteiger charge is 2.47. The van der Waals surface area contributed by atoms with Crippen LogP contribution < -0.4 is 10.1 Å². The van der Waals surface area contributed by atoms with Crippen molar-refractivity contribution < 1.29 is 33.4 Å². The van der Waals surface area contributed by atoms with Crippen molar-refractivity contribution in [3.05, 3.63) is 77.4 Å². The van der Waals surface area contributed by atoms with Gasteiger partial charge in [-0.3, -0.25) is 14.5 Å². The second-order valence-corrected chi connectivity index (χ2v) is 15.2. The predicted octanol–water partition coefficient (Wildman–Crippen LogP) is 6.66. The van der Waals surface area contributed by atoms with Crippen molar-refractivity contribution in [3.8, 4) is 5.75 Å². The minimum atomic E-state index is -1.10. The Kier molecular flexibility index (Phi) is 14.3. The van der Waals surface area contributed by atoms with Crippen LogP contribution in [-0.4, -0.2) is 85.2 Å². The van der Waals surface area contributed by atoms with Crippen LogP contribution in [0.25, 0.3) is 0 Å². The van der Waals surface area contributed by atoms with Crippen LogP contribution >= 0.6 is 0 Å². The summed E-state index contributed by atoms with van der Waals surface area (Å²) in [6.07, 6.45) is 1.06. The molecule has 0 aliphatic heterocycles. The molecule has 0 unspecified atom stereocenters. The van der Waals surface area contributed by atoms with Crippen molar-refractivity contribution in [2.45, 2.75) is 111 Å². The molecule has 3 atom stereocenters. The molecule has 0 aliphatic rings. The van der Waals surface area contributed by atoms with Crippen LogP contribution in [0.4, 0.5) is 4.79 Å². The molecular weight excluding hydrogens is 634 g/mol. The molecule has 0 saturated carbocycles. The van der Waals surface area contributed by atoms with Gasteiger partial charge < -0.3 is 24.4 Å². The van der Waals surface area contributed by atoms with E-state index in [1.165, 1.54) is 4.90 Å². The number of esters is 1. The molecule has 0 aromatic heterocycles. The second-order valence-electron chi connectivity index (χ2n) is 15.2. The molecule has 10 nitrogen and oxygen atoms in total. The number of methoxy groups -OCH3 is 1. The Morgan fingerprint density at radius 3 is 1.84 bits per heavy atom. The maximum absolute atomic E-state index is 14.8. The van der Waals surface area contributed by atoms with Crippen LogP contribution in [0.2, 0.25) is 0 Å². The van der Waals surface area contributed by atoms with Gasteiger partial charge in [0.25, 0.3) is 0 Å². The van der Waals surface area contributed by atoms with Crippen LogP contribution in [-0.2, 0) is 34.7 Å². The maximum Gasteiger partial charge on any atom is 0.410 e. The molecule has 10 heteroatoms. The minimum absolute atomic E-state index is 0.0863. The average Bonchev–Trinajstić information content (AvgIpc) is 3.04. The van der Waals surface area contributed by atoms with Crippen LogP contribution in [0.3, 0.4) is 0 Å². The van der Waals surface area contributed by atoms with Gasteiger partial charge in [0.2, 0.25) is 11.8 Å². The van der Waals surface area contributed by atoms with Gasteiger partial charge in [-0.05, 0) is 63.8 Å². The van der Waals surface area contributed by atoms with Gasteiger partial charge in [-0.15, -0.1) is 0 Å². The number of rotatable bonds is 14. The number of carbonyl (C=O) groups excluding carboxylic acids is 4. The largest absolute Gasteiger partial charge is 0.497 e. The highest BCUT2D eigenvalue weighted by Crippen LogP contribution is 2.34. The summed E-state index contributed by atoms with van der Waals surface area (Å²) in [7, 11) is 4.79. The fraction of sp³-hybridized carbons (Fsp3) is 0.550. The van der Waals surface area contributed by atoms with Gasteiger partial charge in [0.1, 0.15) is 23.4 Å². The van der Waals surface area contributed by atoms with Crippen molar-refractivity contribution in [3.63, 3.8) is 0 Å². The molecule has 50 heavy (non-hydrogen) atoms. The lowest BCUT2D eigenvalue weighted by atomic mass is 9.74. The van der Waals surface area contributed by atoms with Gasteiger partial charge in [-0.25, -0.2) is 9.59 Å². The highest BCUT2D eigenvalue weighted by molar-refractivity contribution is 5.94. The van der Waals surface area contributed by atoms with Crippen LogP contribution in [0.5, 0.6) is 5.75 Å². The Morgan fingerprint density at radius 2 is 1.36 bits per heavy atom. The standard InChI is InChI=1S/C40H59N3O7/c1-15-49-36(46)27(4)25-31(26(2)3)42(12)35(45)32(39(8,9)29-21-23-30(48-14)24-22-29)41-34(44)33(43(13)37(47)50-38(5,6)7)40(10,11)28-19-17-16-18-20-28/h16-26,31-33H,15H2,1-14H3,(H,41,44)/b27-25+/t31-,32+,33+/m0/s1. The summed E-state index contributed by atoms with van der Waals surface area (Å²) < 4.78 is 16.3. The van der Waals surface area contributed by atoms with Gasteiger partial charge >= 0.3 is 12.1 Å². The van der Waals surface area contributed by atoms with Gasteiger partial charge in [0.15, 0.2) is 0 Å². The Balaban J connectivity index is 2.76. The number of nitrogens with one attached hydrogen (secondary N) is 1. The van der Waals surface area contributed by atoms with E-state index in [9.17, 15) is 19.2 Å². The van der Waals surface area contributed by atoms with Crippen LogP contribution in [0.15, 0.2) is 66.2 Å². The zero-order chi connectivity index (χ0) is 38.2. The molecule has 1 N–H and O–H groups in total. The van der Waals surface area contributed by atoms with Gasteiger partial charge in [0, 0.05) is 30.5 Å². The van der Waals surface area contributed by atoms with E-state index in [1.807, 2.05) is 96.1 Å². The Hall–Kier alpha value is -4.34. The molecule has 0 radical (unpaired) electrons. The lowest BCUT2D eigenvalue weighted by molar-refractivity contribution is -0.141. The number of benzene rings is 2. The number of carbonyl (C=O) groups is 4. The number of amides is 3. The van der Waals surface area contributed by atoms with Gasteiger partial charge in [-0.2, -0.15) is 0 Å². The van der Waals surface area contributed by atoms with E-state index in [0.717, 1.165) is 11.1 Å². The molecule has 0 heterocycles. The molecule has 0 saturated heterocycles. The van der Waals surface area contributed by atoms with Crippen molar-refractivity contribution >= 4 is 23.9 Å². The molecule has 2 rings (SSSR count). The molecule has 0 spiro atoms. The second kappa shape index (κ2) is 17.1. The fourth-order valence-corrected chi connectivity index (χ4v) is 6.08. The van der Waals surface area contributed by atoms with Crippen LogP contribution in [0.1, 0.15) is 87.3 Å². The van der Waals surface area contributed by atoms with Gasteiger partial charge in [0.05, 0.1) is 19.8 Å². The number of hydrogen-bond acceptors (Lipinski definition) is 7. The Labute approximate surface area is 299 Å². The quantitative estimate of drug-likeness (QED) is 0.174. The molecule has 0 bridgehead atoms. The highest BCUT2D eigenvalue weighted by atomic mass is 16.6. The van der Waals surface area contributed by atoms with E-state index in [-0.39, 0.29) is 18.4 Å². The molecule has 0 aliphatic carbocycles. The van der Waals surface area contributed by atoms with E-state index >= 15 is 0 Å². The Morgan fingerprint density at radius 1 is 0.820 bits per heavy atom. The summed E-state index contributed by atoms with van der Waals surface area (Å²) in [6, 6.07) is 14.1. The summed E-state index contributed by atoms with van der Waals surface area (Å²) in [5, 5.41) is 3.11. The van der Waals surface area contributed by atoms with E-state index in [1.54, 1.807) is 66.8 Å². The molecular formula is C40H59N3O7. The third-order valence-corrected chi connectivity index (χ3v) is 9.10. The molecule has 276 valence electrons. The topological polar surface area (TPSA) is 114 Å². The van der Waals surface area contributed by atoms with E-state index in [2.05, 4.69) is 5.32 Å². The lowest BCUT2D eigenvalue weighted by Gasteiger charge is -2.43. The predicted molar refractivity (Wildman–Crippen MR) is 197 cm³/mol. The first-order valence-electron chi connectivity index (χ1n) is 17.2. The average molecular weight is 694 g/mol. The van der Waals surface area contributed by atoms with E-state index in [0.29, 0.717) is 11.3 Å². The first-order valence-corrected chi connectivity index (χ1v) is 17.2. The first-order chi connectivity index (χ1) is 23.1. The third-order valence-electron chi connectivity index (χ3n) is 9.10. The third kappa shape index (κ3) is 10.3. The smallest absolute Gasteiger partial charge is 0.410 e. The molecule has 0 fully saturated rings. The summed E-state index contributed by atoms with van der Waals surface area (Å²) >= 11 is 0. The van der Waals surface area contributed by atoms with Crippen molar-refractivity contribution in [1.82, 2.24) is 15.1 Å². The van der Waals surface area contributed by atoms with Crippen molar-refractivity contribution in [1.29, 1.82) is 0 Å². The number of hydrogen-bond donors (Lipinski definition) is 1. The monoisotopic (exact) mass is 693 g/mol. The molecule has 2 aromatic rings. The van der Waals surface area contributed by atoms with Gasteiger partial charge in [-0.1, -0.05) is 90.1 Å². The van der Waals surface area contributed by atoms with Crippen molar-refractivity contribution in [2.24, 2.45) is 5.92 Å². The summed E-state index contributed by atoms with van der Waals surface area (Å²) in [6.45, 7) is 20.4. The van der Waals surface area contributed by atoms with E-state index < -0.39 is 52.5 Å². The lowest BCUT2D eigenvalue weighted by Crippen LogP contribution is -2.64. The summed E-state index contributed by atoms with van der Waals surface area (Å²) in [5.74, 6) is -0.797. The first kappa shape index (κ1) is 41.8. The van der Waals surface area contributed by atoms with Crippen LogP contribution in [0, 0.1) is 5.92 Å². The SMILES string of the molecule is CCOC(=O)/C(C)=C/[C@@H](C(C)C)N(C)C(=O)[C@@H](NC(=O)[C@@H](N(C)C(=O)OC(C)(C)C)C(C)(C)c1ccccc1)C(C)(C)c1ccc(OC)cc1. The minimum Gasteiger partial charge on any atom is -0.497 e. The van der Waals surface area contributed by atoms with Crippen molar-refractivity contribution in [2.75, 3.05) is 27.8 Å². The zero-order valence-corrected chi connectivity index (χ0v) is 32.5. The summed E-state index contributed by atoms with van der Waals surface area (Å²) in [4.78, 5) is 58.6. The maximum atomic E-state index is 14.8. The summed E-state index contributed by atoms with van der Waals surface area (Å²) in [5.41, 5.74) is -0.694. The van der Waals surface area contributed by atoms with E-state index in [4.69, 9.17) is 14.2 Å². The normalized spacial score (nSPS) is 14.3. The number of likely N-dealkylation sites (N-methyl/N-ethyl adjacent to an activating group) is 2. The molecule has 2 aromatic carbocycles.